The van der Waals surface area contributed by atoms with Crippen LogP contribution in [-0.4, -0.2) is 31.7 Å². The van der Waals surface area contributed by atoms with Gasteiger partial charge in [-0.25, -0.2) is 10.1 Å². The summed E-state index contributed by atoms with van der Waals surface area (Å²) in [6.45, 7) is 2.72. The van der Waals surface area contributed by atoms with Crippen LogP contribution in [0.1, 0.15) is 23.6 Å². The molecule has 0 fully saturated rings. The molecule has 25 heavy (non-hydrogen) atoms. The smallest absolute Gasteiger partial charge is 0.272 e. The second kappa shape index (κ2) is 6.16. The van der Waals surface area contributed by atoms with Gasteiger partial charge in [-0.05, 0) is 19.4 Å². The molecule has 128 valence electrons. The molecule has 7 heteroatoms. The summed E-state index contributed by atoms with van der Waals surface area (Å²) in [6.07, 6.45) is 3.90. The number of amides is 1. The number of hydrogen-bond acceptors (Lipinski definition) is 4. The average molecular weight is 337 g/mol. The molecule has 0 aliphatic carbocycles. The van der Waals surface area contributed by atoms with E-state index in [9.17, 15) is 9.59 Å². The van der Waals surface area contributed by atoms with E-state index in [-0.39, 0.29) is 23.9 Å². The highest BCUT2D eigenvalue weighted by atomic mass is 16.1. The lowest BCUT2D eigenvalue weighted by Gasteiger charge is -2.24. The highest BCUT2D eigenvalue weighted by Crippen LogP contribution is 2.16. The van der Waals surface area contributed by atoms with Crippen molar-refractivity contribution in [2.75, 3.05) is 0 Å². The third-order valence-corrected chi connectivity index (χ3v) is 4.58. The molecule has 0 saturated carbocycles. The molecule has 1 aliphatic heterocycles. The van der Waals surface area contributed by atoms with Gasteiger partial charge in [0.15, 0.2) is 0 Å². The van der Waals surface area contributed by atoms with Crippen molar-refractivity contribution in [2.45, 2.75) is 38.8 Å². The van der Waals surface area contributed by atoms with Gasteiger partial charge in [0.1, 0.15) is 5.82 Å². The number of aryl methyl sites for hydroxylation is 2. The third-order valence-electron chi connectivity index (χ3n) is 4.58. The van der Waals surface area contributed by atoms with Crippen LogP contribution in [0.4, 0.5) is 0 Å². The van der Waals surface area contributed by atoms with Gasteiger partial charge in [0.2, 0.25) is 5.91 Å². The number of hydrogen-bond donors (Lipinski definition) is 2. The van der Waals surface area contributed by atoms with Crippen molar-refractivity contribution in [1.82, 2.24) is 25.1 Å². The lowest BCUT2D eigenvalue weighted by Crippen LogP contribution is -2.41. The number of H-pyrrole nitrogens is 1. The Balaban J connectivity index is 1.48. The lowest BCUT2D eigenvalue weighted by atomic mass is 10.1. The summed E-state index contributed by atoms with van der Waals surface area (Å²) in [4.78, 5) is 28.8. The number of imidazole rings is 1. The number of carbonyl (C=O) groups is 1. The van der Waals surface area contributed by atoms with Crippen molar-refractivity contribution in [3.63, 3.8) is 0 Å². The number of fused-ring (bicyclic) bond motifs is 2. The molecule has 1 aliphatic rings. The Bertz CT molecular complexity index is 1000. The summed E-state index contributed by atoms with van der Waals surface area (Å²) in [7, 11) is 0. The van der Waals surface area contributed by atoms with E-state index in [0.29, 0.717) is 11.1 Å². The van der Waals surface area contributed by atoms with Crippen LogP contribution in [0.25, 0.3) is 10.8 Å². The minimum Gasteiger partial charge on any atom is -0.351 e. The summed E-state index contributed by atoms with van der Waals surface area (Å²) in [6, 6.07) is 7.29. The Hall–Kier alpha value is -2.96. The van der Waals surface area contributed by atoms with Gasteiger partial charge in [0.05, 0.1) is 23.2 Å². The maximum Gasteiger partial charge on any atom is 0.272 e. The molecule has 4 rings (SSSR count). The molecule has 0 spiro atoms. The van der Waals surface area contributed by atoms with Crippen molar-refractivity contribution < 1.29 is 4.79 Å². The zero-order chi connectivity index (χ0) is 17.4. The van der Waals surface area contributed by atoms with Gasteiger partial charge >= 0.3 is 0 Å². The first-order valence-corrected chi connectivity index (χ1v) is 8.38. The molecule has 1 atom stereocenters. The number of nitrogens with one attached hydrogen (secondary N) is 2. The van der Waals surface area contributed by atoms with E-state index < -0.39 is 0 Å². The molecule has 2 N–H and O–H groups in total. The van der Waals surface area contributed by atoms with E-state index in [1.54, 1.807) is 12.1 Å². The first kappa shape index (κ1) is 15.6. The van der Waals surface area contributed by atoms with E-state index in [1.165, 1.54) is 0 Å². The van der Waals surface area contributed by atoms with E-state index in [0.717, 1.165) is 36.3 Å². The fraction of sp³-hybridized carbons (Fsp3) is 0.333. The standard InChI is InChI=1S/C18H19N5O2/c1-11-9-23-10-12(6-7-16(23)19-11)20-17(24)8-15-13-4-2-3-5-14(13)18(25)22-21-15/h2-5,9,12H,6-8,10H2,1H3,(H,20,24)(H,22,25). The zero-order valence-electron chi connectivity index (χ0n) is 14.0. The molecule has 0 saturated heterocycles. The fourth-order valence-corrected chi connectivity index (χ4v) is 3.44. The van der Waals surface area contributed by atoms with Crippen molar-refractivity contribution in [3.05, 3.63) is 58.0 Å². The number of benzene rings is 1. The molecule has 0 bridgehead atoms. The molecule has 3 aromatic rings. The maximum absolute atomic E-state index is 12.5. The predicted octanol–water partition coefficient (Wildman–Crippen LogP) is 1.10. The van der Waals surface area contributed by atoms with Gasteiger partial charge in [0, 0.05) is 30.6 Å². The third kappa shape index (κ3) is 3.05. The maximum atomic E-state index is 12.5. The summed E-state index contributed by atoms with van der Waals surface area (Å²) in [5.41, 5.74) is 1.35. The van der Waals surface area contributed by atoms with Crippen LogP contribution in [0.15, 0.2) is 35.3 Å². The van der Waals surface area contributed by atoms with Crippen LogP contribution in [-0.2, 0) is 24.2 Å². The lowest BCUT2D eigenvalue weighted by molar-refractivity contribution is -0.121. The molecular weight excluding hydrogens is 318 g/mol. The van der Waals surface area contributed by atoms with Gasteiger partial charge < -0.3 is 9.88 Å². The first-order chi connectivity index (χ1) is 12.1. The zero-order valence-corrected chi connectivity index (χ0v) is 14.0. The van der Waals surface area contributed by atoms with E-state index in [1.807, 2.05) is 25.3 Å². The van der Waals surface area contributed by atoms with Gasteiger partial charge in [-0.2, -0.15) is 5.10 Å². The SMILES string of the molecule is Cc1cn2c(n1)CCC(NC(=O)Cc1n[nH]c(=O)c3ccccc13)C2. The average Bonchev–Trinajstić information content (AvgIpc) is 2.97. The first-order valence-electron chi connectivity index (χ1n) is 8.38. The number of rotatable bonds is 3. The van der Waals surface area contributed by atoms with Crippen molar-refractivity contribution >= 4 is 16.7 Å². The van der Waals surface area contributed by atoms with Gasteiger partial charge in [-0.3, -0.25) is 9.59 Å². The molecule has 1 aromatic carbocycles. The Morgan fingerprint density at radius 2 is 2.16 bits per heavy atom. The summed E-state index contributed by atoms with van der Waals surface area (Å²) in [5.74, 6) is 0.992. The Kier molecular flexibility index (Phi) is 3.83. The summed E-state index contributed by atoms with van der Waals surface area (Å²) >= 11 is 0. The van der Waals surface area contributed by atoms with Crippen LogP contribution in [0.2, 0.25) is 0 Å². The van der Waals surface area contributed by atoms with Crippen LogP contribution < -0.4 is 10.9 Å². The van der Waals surface area contributed by atoms with Gasteiger partial charge in [0.25, 0.3) is 5.56 Å². The number of carbonyl (C=O) groups excluding carboxylic acids is 1. The van der Waals surface area contributed by atoms with Crippen LogP contribution in [0.5, 0.6) is 0 Å². The second-order valence-electron chi connectivity index (χ2n) is 6.48. The Labute approximate surface area is 144 Å². The predicted molar refractivity (Wildman–Crippen MR) is 93.3 cm³/mol. The number of aromatic amines is 1. The van der Waals surface area contributed by atoms with Crippen molar-refractivity contribution in [2.24, 2.45) is 0 Å². The number of nitrogens with zero attached hydrogens (tertiary/aromatic N) is 3. The minimum atomic E-state index is -0.241. The van der Waals surface area contributed by atoms with Crippen LogP contribution in [0.3, 0.4) is 0 Å². The van der Waals surface area contributed by atoms with Gasteiger partial charge in [-0.15, -0.1) is 0 Å². The monoisotopic (exact) mass is 337 g/mol. The second-order valence-corrected chi connectivity index (χ2v) is 6.48. The minimum absolute atomic E-state index is 0.0858. The Morgan fingerprint density at radius 1 is 1.36 bits per heavy atom. The van der Waals surface area contributed by atoms with Crippen LogP contribution >= 0.6 is 0 Å². The molecule has 7 nitrogen and oxygen atoms in total. The van der Waals surface area contributed by atoms with Crippen molar-refractivity contribution in [3.8, 4) is 0 Å². The van der Waals surface area contributed by atoms with E-state index >= 15 is 0 Å². The molecule has 2 aromatic heterocycles. The molecule has 3 heterocycles. The van der Waals surface area contributed by atoms with Crippen LogP contribution in [0, 0.1) is 6.92 Å². The summed E-state index contributed by atoms with van der Waals surface area (Å²) < 4.78 is 2.11. The van der Waals surface area contributed by atoms with E-state index in [4.69, 9.17) is 0 Å². The highest BCUT2D eigenvalue weighted by molar-refractivity contribution is 5.88. The Morgan fingerprint density at radius 3 is 3.00 bits per heavy atom. The topological polar surface area (TPSA) is 92.7 Å². The molecule has 0 radical (unpaired) electrons. The summed E-state index contributed by atoms with van der Waals surface area (Å²) in [5, 5.41) is 10.9. The molecular formula is C18H19N5O2. The molecule has 1 unspecified atom stereocenters. The van der Waals surface area contributed by atoms with Crippen molar-refractivity contribution in [1.29, 1.82) is 0 Å². The molecule has 1 amide bonds. The van der Waals surface area contributed by atoms with E-state index in [2.05, 4.69) is 25.1 Å². The number of aromatic nitrogens is 4. The van der Waals surface area contributed by atoms with Gasteiger partial charge in [-0.1, -0.05) is 18.2 Å². The normalized spacial score (nSPS) is 16.6. The highest BCUT2D eigenvalue weighted by Gasteiger charge is 2.21. The largest absolute Gasteiger partial charge is 0.351 e. The quantitative estimate of drug-likeness (QED) is 0.748. The fourth-order valence-electron chi connectivity index (χ4n) is 3.44.